The molecule has 0 saturated heterocycles. The molecule has 0 aromatic heterocycles. The Morgan fingerprint density at radius 3 is 2.77 bits per heavy atom. The Morgan fingerprint density at radius 1 is 1.23 bits per heavy atom. The van der Waals surface area contributed by atoms with E-state index >= 15 is 0 Å². The molecule has 2 rings (SSSR count). The number of anilines is 1. The number of rotatable bonds is 1. The molecule has 0 radical (unpaired) electrons. The fourth-order valence-corrected chi connectivity index (χ4v) is 1.92. The molecule has 0 saturated carbocycles. The molecule has 13 heavy (non-hydrogen) atoms. The lowest BCUT2D eigenvalue weighted by molar-refractivity contribution is 0.656. The fraction of sp³-hybridized carbons (Fsp3) is 0.333. The van der Waals surface area contributed by atoms with Crippen molar-refractivity contribution in [3.8, 4) is 0 Å². The lowest BCUT2D eigenvalue weighted by atomic mass is 9.88. The molecule has 1 aromatic rings. The van der Waals surface area contributed by atoms with E-state index in [0.29, 0.717) is 5.92 Å². The quantitative estimate of drug-likeness (QED) is 0.512. The summed E-state index contributed by atoms with van der Waals surface area (Å²) in [6, 6.07) is 8.17. The van der Waals surface area contributed by atoms with Crippen LogP contribution in [0.3, 0.4) is 0 Å². The largest absolute Gasteiger partial charge is 0.398 e. The van der Waals surface area contributed by atoms with Gasteiger partial charge < -0.3 is 5.73 Å². The molecule has 0 amide bonds. The molecule has 1 nitrogen and oxygen atoms in total. The van der Waals surface area contributed by atoms with Crippen LogP contribution in [-0.2, 0) is 0 Å². The van der Waals surface area contributed by atoms with Crippen molar-refractivity contribution in [2.45, 2.75) is 25.2 Å². The van der Waals surface area contributed by atoms with Gasteiger partial charge in [-0.2, -0.15) is 0 Å². The lowest BCUT2D eigenvalue weighted by Crippen LogP contribution is -2.02. The molecular weight excluding hydrogens is 158 g/mol. The van der Waals surface area contributed by atoms with Crippen molar-refractivity contribution < 1.29 is 0 Å². The maximum atomic E-state index is 5.92. The summed E-state index contributed by atoms with van der Waals surface area (Å²) in [5, 5.41) is 0. The molecule has 1 aromatic carbocycles. The van der Waals surface area contributed by atoms with Gasteiger partial charge in [-0.15, -0.1) is 0 Å². The highest BCUT2D eigenvalue weighted by atomic mass is 14.6. The standard InChI is InChI=1S/C12H15N/c13-12-9-5-4-8-11(12)10-6-2-1-3-7-10/h2,4-6,8-10H,1,3,7,13H2. The van der Waals surface area contributed by atoms with Gasteiger partial charge in [-0.05, 0) is 30.9 Å². The van der Waals surface area contributed by atoms with E-state index in [4.69, 9.17) is 5.73 Å². The first-order chi connectivity index (χ1) is 6.38. The van der Waals surface area contributed by atoms with Crippen LogP contribution in [0.25, 0.3) is 0 Å². The van der Waals surface area contributed by atoms with Crippen molar-refractivity contribution in [1.82, 2.24) is 0 Å². The second-order valence-electron chi connectivity index (χ2n) is 3.59. The average molecular weight is 173 g/mol. The van der Waals surface area contributed by atoms with E-state index in [0.717, 1.165) is 5.69 Å². The number of nitrogens with two attached hydrogens (primary N) is 1. The molecule has 1 atom stereocenters. The monoisotopic (exact) mass is 173 g/mol. The molecule has 1 aliphatic rings. The number of nitrogen functional groups attached to an aromatic ring is 1. The predicted molar refractivity (Wildman–Crippen MR) is 56.6 cm³/mol. The SMILES string of the molecule is Nc1ccccc1C1C=CCCC1. The average Bonchev–Trinajstić information content (AvgIpc) is 2.20. The highest BCUT2D eigenvalue weighted by Gasteiger charge is 2.12. The van der Waals surface area contributed by atoms with Gasteiger partial charge in [-0.3, -0.25) is 0 Å². The van der Waals surface area contributed by atoms with Gasteiger partial charge in [0.2, 0.25) is 0 Å². The van der Waals surface area contributed by atoms with E-state index in [1.54, 1.807) is 0 Å². The number of para-hydroxylation sites is 1. The molecule has 0 heterocycles. The van der Waals surface area contributed by atoms with Crippen molar-refractivity contribution >= 4 is 5.69 Å². The third kappa shape index (κ3) is 1.74. The molecule has 1 heteroatoms. The van der Waals surface area contributed by atoms with Crippen LogP contribution in [0.4, 0.5) is 5.69 Å². The second kappa shape index (κ2) is 3.65. The summed E-state index contributed by atoms with van der Waals surface area (Å²) < 4.78 is 0. The molecule has 1 aliphatic carbocycles. The summed E-state index contributed by atoms with van der Waals surface area (Å²) in [4.78, 5) is 0. The summed E-state index contributed by atoms with van der Waals surface area (Å²) in [7, 11) is 0. The van der Waals surface area contributed by atoms with Crippen LogP contribution in [0.5, 0.6) is 0 Å². The molecule has 68 valence electrons. The summed E-state index contributed by atoms with van der Waals surface area (Å²) >= 11 is 0. The summed E-state index contributed by atoms with van der Waals surface area (Å²) in [6.45, 7) is 0. The number of benzene rings is 1. The minimum absolute atomic E-state index is 0.551. The van der Waals surface area contributed by atoms with Gasteiger partial charge in [-0.1, -0.05) is 30.4 Å². The Morgan fingerprint density at radius 2 is 2.08 bits per heavy atom. The van der Waals surface area contributed by atoms with Crippen LogP contribution in [-0.4, -0.2) is 0 Å². The van der Waals surface area contributed by atoms with E-state index in [1.165, 1.54) is 24.8 Å². The maximum Gasteiger partial charge on any atom is 0.0352 e. The van der Waals surface area contributed by atoms with E-state index in [2.05, 4.69) is 24.3 Å². The summed E-state index contributed by atoms with van der Waals surface area (Å²) in [5.41, 5.74) is 8.14. The van der Waals surface area contributed by atoms with Gasteiger partial charge in [0.25, 0.3) is 0 Å². The molecule has 0 aliphatic heterocycles. The van der Waals surface area contributed by atoms with Gasteiger partial charge in [-0.25, -0.2) is 0 Å². The number of hydrogen-bond acceptors (Lipinski definition) is 1. The normalized spacial score (nSPS) is 21.7. The van der Waals surface area contributed by atoms with Gasteiger partial charge in [0, 0.05) is 11.6 Å². The van der Waals surface area contributed by atoms with Crippen LogP contribution in [0.15, 0.2) is 36.4 Å². The first-order valence-corrected chi connectivity index (χ1v) is 4.89. The molecule has 0 fully saturated rings. The number of allylic oxidation sites excluding steroid dienone is 2. The first-order valence-electron chi connectivity index (χ1n) is 4.89. The van der Waals surface area contributed by atoms with Crippen LogP contribution in [0.1, 0.15) is 30.7 Å². The third-order valence-corrected chi connectivity index (χ3v) is 2.65. The summed E-state index contributed by atoms with van der Waals surface area (Å²) in [5.74, 6) is 0.551. The topological polar surface area (TPSA) is 26.0 Å². The van der Waals surface area contributed by atoms with Crippen LogP contribution in [0.2, 0.25) is 0 Å². The maximum absolute atomic E-state index is 5.92. The van der Waals surface area contributed by atoms with E-state index in [1.807, 2.05) is 12.1 Å². The van der Waals surface area contributed by atoms with Crippen LogP contribution >= 0.6 is 0 Å². The molecule has 1 unspecified atom stereocenters. The van der Waals surface area contributed by atoms with Crippen LogP contribution < -0.4 is 5.73 Å². The van der Waals surface area contributed by atoms with E-state index < -0.39 is 0 Å². The van der Waals surface area contributed by atoms with Crippen molar-refractivity contribution in [3.05, 3.63) is 42.0 Å². The smallest absolute Gasteiger partial charge is 0.0352 e. The van der Waals surface area contributed by atoms with E-state index in [-0.39, 0.29) is 0 Å². The van der Waals surface area contributed by atoms with Crippen LogP contribution in [0, 0.1) is 0 Å². The van der Waals surface area contributed by atoms with Gasteiger partial charge in [0.15, 0.2) is 0 Å². The zero-order chi connectivity index (χ0) is 9.10. The van der Waals surface area contributed by atoms with Gasteiger partial charge in [0.05, 0.1) is 0 Å². The predicted octanol–water partition coefficient (Wildman–Crippen LogP) is 3.09. The zero-order valence-corrected chi connectivity index (χ0v) is 7.74. The fourth-order valence-electron chi connectivity index (χ4n) is 1.92. The van der Waals surface area contributed by atoms with Gasteiger partial charge >= 0.3 is 0 Å². The highest BCUT2D eigenvalue weighted by Crippen LogP contribution is 2.30. The van der Waals surface area contributed by atoms with E-state index in [9.17, 15) is 0 Å². The third-order valence-electron chi connectivity index (χ3n) is 2.65. The minimum Gasteiger partial charge on any atom is -0.398 e. The minimum atomic E-state index is 0.551. The first kappa shape index (κ1) is 8.36. The Kier molecular flexibility index (Phi) is 2.35. The molecular formula is C12H15N. The zero-order valence-electron chi connectivity index (χ0n) is 7.74. The highest BCUT2D eigenvalue weighted by molar-refractivity contribution is 5.49. The summed E-state index contributed by atoms with van der Waals surface area (Å²) in [6.07, 6.45) is 8.30. The second-order valence-corrected chi connectivity index (χ2v) is 3.59. The molecule has 0 bridgehead atoms. The molecule has 0 spiro atoms. The number of hydrogen-bond donors (Lipinski definition) is 1. The Bertz CT molecular complexity index is 315. The van der Waals surface area contributed by atoms with Crippen molar-refractivity contribution in [2.75, 3.05) is 5.73 Å². The van der Waals surface area contributed by atoms with Crippen molar-refractivity contribution in [1.29, 1.82) is 0 Å². The Balaban J connectivity index is 2.29. The molecule has 2 N–H and O–H groups in total. The lowest BCUT2D eigenvalue weighted by Gasteiger charge is -2.18. The van der Waals surface area contributed by atoms with Gasteiger partial charge in [0.1, 0.15) is 0 Å². The Hall–Kier alpha value is -1.24. The Labute approximate surface area is 79.3 Å². The van der Waals surface area contributed by atoms with Crippen molar-refractivity contribution in [2.24, 2.45) is 0 Å². The van der Waals surface area contributed by atoms with Crippen molar-refractivity contribution in [3.63, 3.8) is 0 Å².